The summed E-state index contributed by atoms with van der Waals surface area (Å²) in [6, 6.07) is 12.4. The fourth-order valence-electron chi connectivity index (χ4n) is 6.80. The van der Waals surface area contributed by atoms with Gasteiger partial charge < -0.3 is 29.1 Å². The van der Waals surface area contributed by atoms with E-state index in [9.17, 15) is 19.5 Å². The summed E-state index contributed by atoms with van der Waals surface area (Å²) in [5.74, 6) is 0. The Morgan fingerprint density at radius 1 is 1.02 bits per heavy atom. The number of hydrogen-bond acceptors (Lipinski definition) is 5. The Kier molecular flexibility index (Phi) is 8.14. The minimum absolute atomic E-state index is 0.0836. The van der Waals surface area contributed by atoms with E-state index < -0.39 is 16.6 Å². The highest BCUT2D eigenvalue weighted by Crippen LogP contribution is 2.52. The lowest BCUT2D eigenvalue weighted by Gasteiger charge is -2.53. The summed E-state index contributed by atoms with van der Waals surface area (Å²) in [6.07, 6.45) is 5.17. The van der Waals surface area contributed by atoms with Crippen LogP contribution < -0.4 is 5.56 Å². The van der Waals surface area contributed by atoms with Crippen molar-refractivity contribution < 1.29 is 19.4 Å². The van der Waals surface area contributed by atoms with Crippen molar-refractivity contribution in [2.45, 2.75) is 76.7 Å². The summed E-state index contributed by atoms with van der Waals surface area (Å²) in [7, 11) is 0. The molecule has 1 N–H and O–H groups in total. The first-order valence-electron chi connectivity index (χ1n) is 14.6. The molecule has 0 unspecified atom stereocenters. The molecule has 10 heteroatoms. The van der Waals surface area contributed by atoms with Crippen molar-refractivity contribution >= 4 is 23.7 Å². The number of aromatic nitrogens is 1. The number of aliphatic hydroxyl groups is 1. The molecule has 41 heavy (non-hydrogen) atoms. The van der Waals surface area contributed by atoms with Crippen molar-refractivity contribution in [2.24, 2.45) is 5.41 Å². The molecule has 1 aliphatic carbocycles. The van der Waals surface area contributed by atoms with Crippen LogP contribution in [0.25, 0.3) is 0 Å². The van der Waals surface area contributed by atoms with E-state index in [4.69, 9.17) is 16.3 Å². The number of rotatable bonds is 3. The number of halogens is 1. The van der Waals surface area contributed by atoms with Gasteiger partial charge in [-0.05, 0) is 51.7 Å². The Balaban J connectivity index is 1.37. The van der Waals surface area contributed by atoms with Gasteiger partial charge in [0, 0.05) is 55.4 Å². The standard InChI is InChI=1S/C31H41ClN4O5/c1-29(2,3)41-28(39)33-17-18-36(25(20-33)23-9-5-4-6-10-23)27(38)35-16-14-31(40,30(21-35)12-7-8-13-30)22-34-15-11-24(32)19-26(34)37/h4-6,9-11,15,19,25,40H,7-8,12-14,16-18,20-22H2,1-3H3/t25-,31+/m0/s1. The maximum absolute atomic E-state index is 14.2. The lowest BCUT2D eigenvalue weighted by atomic mass is 9.66. The quantitative estimate of drug-likeness (QED) is 0.553. The van der Waals surface area contributed by atoms with Crippen molar-refractivity contribution in [3.05, 3.63) is 69.6 Å². The largest absolute Gasteiger partial charge is 0.444 e. The third-order valence-corrected chi connectivity index (χ3v) is 9.19. The summed E-state index contributed by atoms with van der Waals surface area (Å²) >= 11 is 6.00. The van der Waals surface area contributed by atoms with E-state index in [1.165, 1.54) is 10.6 Å². The van der Waals surface area contributed by atoms with Gasteiger partial charge in [-0.2, -0.15) is 0 Å². The minimum Gasteiger partial charge on any atom is -0.444 e. The second-order valence-electron chi connectivity index (χ2n) is 12.8. The monoisotopic (exact) mass is 584 g/mol. The number of carbonyl (C=O) groups is 2. The van der Waals surface area contributed by atoms with Gasteiger partial charge in [0.05, 0.1) is 18.2 Å². The number of piperidine rings is 1. The van der Waals surface area contributed by atoms with Gasteiger partial charge >= 0.3 is 12.1 Å². The summed E-state index contributed by atoms with van der Waals surface area (Å²) in [6.45, 7) is 7.63. The molecule has 3 amide bonds. The lowest BCUT2D eigenvalue weighted by Crippen LogP contribution is -2.64. The summed E-state index contributed by atoms with van der Waals surface area (Å²) in [5.41, 5.74) is -1.51. The number of urea groups is 1. The van der Waals surface area contributed by atoms with E-state index in [1.54, 1.807) is 17.2 Å². The Morgan fingerprint density at radius 2 is 1.73 bits per heavy atom. The molecule has 5 rings (SSSR count). The molecule has 3 fully saturated rings. The number of nitrogens with zero attached hydrogens (tertiary/aromatic N) is 4. The van der Waals surface area contributed by atoms with Crippen molar-refractivity contribution in [3.63, 3.8) is 0 Å². The first kappa shape index (κ1) is 29.5. The van der Waals surface area contributed by atoms with Crippen LogP contribution in [0.3, 0.4) is 0 Å². The number of ether oxygens (including phenoxy) is 1. The molecule has 1 aromatic carbocycles. The van der Waals surface area contributed by atoms with Crippen molar-refractivity contribution in [3.8, 4) is 0 Å². The molecule has 3 aliphatic rings. The van der Waals surface area contributed by atoms with Gasteiger partial charge in [0.25, 0.3) is 5.56 Å². The predicted octanol–water partition coefficient (Wildman–Crippen LogP) is 4.91. The second-order valence-corrected chi connectivity index (χ2v) is 13.3. The molecule has 9 nitrogen and oxygen atoms in total. The molecule has 0 radical (unpaired) electrons. The van der Waals surface area contributed by atoms with E-state index in [0.29, 0.717) is 44.2 Å². The molecule has 1 saturated carbocycles. The number of piperazine rings is 1. The Morgan fingerprint density at radius 3 is 2.39 bits per heavy atom. The van der Waals surface area contributed by atoms with Crippen LogP contribution in [-0.2, 0) is 11.3 Å². The van der Waals surface area contributed by atoms with Crippen LogP contribution in [0, 0.1) is 5.41 Å². The van der Waals surface area contributed by atoms with Crippen molar-refractivity contribution in [1.82, 2.24) is 19.3 Å². The zero-order valence-corrected chi connectivity index (χ0v) is 25.0. The van der Waals surface area contributed by atoms with Gasteiger partial charge in [0.15, 0.2) is 0 Å². The van der Waals surface area contributed by atoms with Crippen LogP contribution >= 0.6 is 11.6 Å². The van der Waals surface area contributed by atoms with Crippen molar-refractivity contribution in [1.29, 1.82) is 0 Å². The molecule has 222 valence electrons. The SMILES string of the molecule is CC(C)(C)OC(=O)N1CCN(C(=O)N2CC[C@@](O)(Cn3ccc(Cl)cc3=O)C3(CCCC3)C2)[C@H](c2ccccc2)C1. The van der Waals surface area contributed by atoms with Crippen LogP contribution in [0.4, 0.5) is 9.59 Å². The molecule has 2 aliphatic heterocycles. The van der Waals surface area contributed by atoms with Gasteiger partial charge in [-0.3, -0.25) is 4.79 Å². The zero-order valence-electron chi connectivity index (χ0n) is 24.2. The molecule has 2 saturated heterocycles. The number of pyridine rings is 1. The van der Waals surface area contributed by atoms with Crippen LogP contribution in [0.15, 0.2) is 53.5 Å². The number of hydrogen-bond donors (Lipinski definition) is 1. The van der Waals surface area contributed by atoms with E-state index in [2.05, 4.69) is 0 Å². The zero-order chi connectivity index (χ0) is 29.4. The third kappa shape index (κ3) is 6.11. The van der Waals surface area contributed by atoms with Crippen LogP contribution in [0.2, 0.25) is 5.02 Å². The van der Waals surface area contributed by atoms with Gasteiger partial charge in [-0.1, -0.05) is 54.8 Å². The van der Waals surface area contributed by atoms with Crippen LogP contribution in [0.5, 0.6) is 0 Å². The molecule has 1 spiro atoms. The van der Waals surface area contributed by atoms with E-state index in [1.807, 2.05) is 60.9 Å². The molecule has 1 aromatic heterocycles. The molecule has 0 bridgehead atoms. The van der Waals surface area contributed by atoms with E-state index in [0.717, 1.165) is 31.2 Å². The number of likely N-dealkylation sites (tertiary alicyclic amines) is 1. The summed E-state index contributed by atoms with van der Waals surface area (Å²) < 4.78 is 7.17. The number of benzene rings is 1. The van der Waals surface area contributed by atoms with Gasteiger partial charge in [0.1, 0.15) is 5.60 Å². The maximum atomic E-state index is 14.2. The van der Waals surface area contributed by atoms with E-state index in [-0.39, 0.29) is 30.3 Å². The molecule has 3 heterocycles. The third-order valence-electron chi connectivity index (χ3n) is 8.96. The average Bonchev–Trinajstić information content (AvgIpc) is 3.41. The van der Waals surface area contributed by atoms with Crippen LogP contribution in [0.1, 0.15) is 64.5 Å². The van der Waals surface area contributed by atoms with E-state index >= 15 is 0 Å². The fraction of sp³-hybridized carbons (Fsp3) is 0.581. The highest BCUT2D eigenvalue weighted by atomic mass is 35.5. The van der Waals surface area contributed by atoms with Gasteiger partial charge in [-0.15, -0.1) is 0 Å². The average molecular weight is 585 g/mol. The first-order chi connectivity index (χ1) is 19.4. The lowest BCUT2D eigenvalue weighted by molar-refractivity contribution is -0.137. The van der Waals surface area contributed by atoms with Gasteiger partial charge in [-0.25, -0.2) is 9.59 Å². The maximum Gasteiger partial charge on any atom is 0.410 e. The first-order valence-corrected chi connectivity index (χ1v) is 14.9. The second kappa shape index (κ2) is 11.3. The highest BCUT2D eigenvalue weighted by molar-refractivity contribution is 6.30. The molecule has 2 atom stereocenters. The smallest absolute Gasteiger partial charge is 0.410 e. The molecular formula is C31H41ClN4O5. The molecule has 2 aromatic rings. The highest BCUT2D eigenvalue weighted by Gasteiger charge is 2.56. The summed E-state index contributed by atoms with van der Waals surface area (Å²) in [5, 5.41) is 12.5. The van der Waals surface area contributed by atoms with Crippen LogP contribution in [-0.4, -0.2) is 80.4 Å². The van der Waals surface area contributed by atoms with Crippen molar-refractivity contribution in [2.75, 3.05) is 32.7 Å². The normalized spacial score (nSPS) is 24.5. The minimum atomic E-state index is -1.12. The Bertz CT molecular complexity index is 1320. The topological polar surface area (TPSA) is 95.3 Å². The fourth-order valence-corrected chi connectivity index (χ4v) is 6.95. The Labute approximate surface area is 246 Å². The predicted molar refractivity (Wildman–Crippen MR) is 157 cm³/mol. The Hall–Kier alpha value is -3.04. The number of carbonyl (C=O) groups excluding carboxylic acids is 2. The van der Waals surface area contributed by atoms with Gasteiger partial charge in [0.2, 0.25) is 0 Å². The summed E-state index contributed by atoms with van der Waals surface area (Å²) in [4.78, 5) is 45.2. The number of amides is 3. The molecular weight excluding hydrogens is 544 g/mol.